The molecule has 3 unspecified atom stereocenters. The van der Waals surface area contributed by atoms with E-state index in [4.69, 9.17) is 4.74 Å². The molecule has 0 spiro atoms. The van der Waals surface area contributed by atoms with Crippen molar-refractivity contribution < 1.29 is 17.4 Å². The summed E-state index contributed by atoms with van der Waals surface area (Å²) in [4.78, 5) is 0.343. The Kier molecular flexibility index (Phi) is 6.14. The van der Waals surface area contributed by atoms with Crippen molar-refractivity contribution in [3.63, 3.8) is 0 Å². The van der Waals surface area contributed by atoms with Crippen molar-refractivity contribution in [2.75, 3.05) is 37.9 Å². The Labute approximate surface area is 170 Å². The van der Waals surface area contributed by atoms with Crippen LogP contribution in [0.25, 0.3) is 0 Å². The molecule has 1 aliphatic heterocycles. The van der Waals surface area contributed by atoms with Gasteiger partial charge in [0, 0.05) is 44.2 Å². The van der Waals surface area contributed by atoms with Crippen LogP contribution in [0.5, 0.6) is 0 Å². The van der Waals surface area contributed by atoms with E-state index < -0.39 is 25.6 Å². The molecule has 1 heterocycles. The van der Waals surface area contributed by atoms with E-state index in [-0.39, 0.29) is 12.5 Å². The minimum atomic E-state index is -3.72. The van der Waals surface area contributed by atoms with E-state index in [0.717, 1.165) is 17.6 Å². The maximum Gasteiger partial charge on any atom is 0.260 e. The molecule has 8 heteroatoms. The Morgan fingerprint density at radius 1 is 1.36 bits per heavy atom. The highest BCUT2D eigenvalue weighted by atomic mass is 32.2. The fraction of sp³-hybridized carbons (Fsp3) is 0.500. The van der Waals surface area contributed by atoms with Crippen LogP contribution in [0.1, 0.15) is 31.4 Å². The van der Waals surface area contributed by atoms with Crippen LogP contribution < -0.4 is 9.62 Å². The molecule has 154 valence electrons. The number of ether oxygens (including phenoxy) is 1. The van der Waals surface area contributed by atoms with Crippen LogP contribution in [0.4, 0.5) is 5.69 Å². The van der Waals surface area contributed by atoms with Crippen LogP contribution >= 0.6 is 0 Å². The Bertz CT molecular complexity index is 939. The lowest BCUT2D eigenvalue weighted by molar-refractivity contribution is 0.193. The van der Waals surface area contributed by atoms with Crippen LogP contribution in [0.15, 0.2) is 46.9 Å². The molecule has 2 aliphatic rings. The van der Waals surface area contributed by atoms with Crippen molar-refractivity contribution in [3.8, 4) is 0 Å². The van der Waals surface area contributed by atoms with Crippen LogP contribution in [-0.4, -0.2) is 50.9 Å². The lowest BCUT2D eigenvalue weighted by Crippen LogP contribution is -2.36. The van der Waals surface area contributed by atoms with E-state index >= 15 is 0 Å². The number of para-hydroxylation sites is 1. The third-order valence-corrected chi connectivity index (χ3v) is 9.06. The molecule has 0 amide bonds. The van der Waals surface area contributed by atoms with Gasteiger partial charge in [0.15, 0.2) is 0 Å². The monoisotopic (exact) mass is 424 g/mol. The Morgan fingerprint density at radius 3 is 2.75 bits per heavy atom. The lowest BCUT2D eigenvalue weighted by Gasteiger charge is -2.31. The molecule has 0 aromatic heterocycles. The Balaban J connectivity index is 2.14. The van der Waals surface area contributed by atoms with Crippen molar-refractivity contribution in [2.45, 2.75) is 30.6 Å². The maximum absolute atomic E-state index is 13.4. The highest BCUT2D eigenvalue weighted by Gasteiger charge is 2.42. The molecule has 1 aromatic carbocycles. The molecule has 6 nitrogen and oxygen atoms in total. The highest BCUT2D eigenvalue weighted by Crippen LogP contribution is 2.45. The third-order valence-electron chi connectivity index (χ3n) is 5.55. The SMILES string of the molecule is COCCCNC1C2=C(CC(C)(S(C)=O)C=C2)S(=O)(=O)N(C)c2ccccc21. The van der Waals surface area contributed by atoms with E-state index in [2.05, 4.69) is 5.32 Å². The Hall–Kier alpha value is -1.48. The van der Waals surface area contributed by atoms with Crippen LogP contribution in [0, 0.1) is 0 Å². The molecule has 0 saturated heterocycles. The van der Waals surface area contributed by atoms with E-state index in [1.54, 1.807) is 20.4 Å². The smallest absolute Gasteiger partial charge is 0.260 e. The molecular formula is C20H28N2O4S2. The summed E-state index contributed by atoms with van der Waals surface area (Å²) < 4.78 is 45.0. The van der Waals surface area contributed by atoms with Gasteiger partial charge in [0.1, 0.15) is 0 Å². The number of methoxy groups -OCH3 is 1. The summed E-state index contributed by atoms with van der Waals surface area (Å²) in [5.41, 5.74) is 2.31. The van der Waals surface area contributed by atoms with Crippen molar-refractivity contribution in [1.82, 2.24) is 5.32 Å². The molecule has 0 radical (unpaired) electrons. The summed E-state index contributed by atoms with van der Waals surface area (Å²) in [6.45, 7) is 3.17. The fourth-order valence-corrected chi connectivity index (χ4v) is 6.12. The minimum absolute atomic E-state index is 0.221. The molecule has 1 aromatic rings. The van der Waals surface area contributed by atoms with Crippen molar-refractivity contribution >= 4 is 26.5 Å². The summed E-state index contributed by atoms with van der Waals surface area (Å²) in [7, 11) is -1.66. The van der Waals surface area contributed by atoms with Gasteiger partial charge in [-0.3, -0.25) is 8.51 Å². The summed E-state index contributed by atoms with van der Waals surface area (Å²) in [6, 6.07) is 7.31. The molecule has 0 bridgehead atoms. The van der Waals surface area contributed by atoms with E-state index in [1.807, 2.05) is 43.3 Å². The lowest BCUT2D eigenvalue weighted by atomic mass is 9.89. The standard InChI is InChI=1S/C20H28N2O4S2/c1-20(27(4)23)11-10-16-18(14-20)28(24,25)22(2)17-9-6-5-8-15(17)19(16)21-12-7-13-26-3/h5-6,8-11,19,21H,7,12-14H2,1-4H3. The topological polar surface area (TPSA) is 75.7 Å². The van der Waals surface area contributed by atoms with Gasteiger partial charge >= 0.3 is 0 Å². The first-order valence-corrected chi connectivity index (χ1v) is 12.3. The van der Waals surface area contributed by atoms with Gasteiger partial charge in [0.2, 0.25) is 0 Å². The van der Waals surface area contributed by atoms with Crippen LogP contribution in [0.2, 0.25) is 0 Å². The summed E-state index contributed by atoms with van der Waals surface area (Å²) in [6.07, 6.45) is 6.41. The number of nitrogens with one attached hydrogen (secondary N) is 1. The first kappa shape index (κ1) is 21.2. The summed E-state index contributed by atoms with van der Waals surface area (Å²) in [5, 5.41) is 3.51. The highest BCUT2D eigenvalue weighted by molar-refractivity contribution is 7.96. The number of fused-ring (bicyclic) bond motifs is 1. The number of nitrogens with zero attached hydrogens (tertiary/aromatic N) is 1. The van der Waals surface area contributed by atoms with Crippen molar-refractivity contribution in [1.29, 1.82) is 0 Å². The van der Waals surface area contributed by atoms with Gasteiger partial charge in [-0.05, 0) is 37.1 Å². The molecule has 28 heavy (non-hydrogen) atoms. The second kappa shape index (κ2) is 8.10. The molecule has 3 atom stereocenters. The average Bonchev–Trinajstić information content (AvgIpc) is 2.73. The van der Waals surface area contributed by atoms with E-state index in [0.29, 0.717) is 23.7 Å². The van der Waals surface area contributed by atoms with Crippen molar-refractivity contribution in [2.24, 2.45) is 0 Å². The minimum Gasteiger partial charge on any atom is -0.385 e. The second-order valence-electron chi connectivity index (χ2n) is 7.42. The number of hydrogen-bond acceptors (Lipinski definition) is 5. The normalized spacial score (nSPS) is 27.1. The predicted octanol–water partition coefficient (Wildman–Crippen LogP) is 2.48. The number of hydrogen-bond donors (Lipinski definition) is 1. The quantitative estimate of drug-likeness (QED) is 0.710. The zero-order valence-electron chi connectivity index (χ0n) is 16.8. The summed E-state index contributed by atoms with van der Waals surface area (Å²) in [5.74, 6) is 0. The van der Waals surface area contributed by atoms with Gasteiger partial charge in [0.25, 0.3) is 10.0 Å². The number of benzene rings is 1. The zero-order valence-corrected chi connectivity index (χ0v) is 18.4. The maximum atomic E-state index is 13.4. The third kappa shape index (κ3) is 3.70. The largest absolute Gasteiger partial charge is 0.385 e. The first-order chi connectivity index (χ1) is 13.2. The molecular weight excluding hydrogens is 396 g/mol. The molecule has 1 aliphatic carbocycles. The molecule has 0 saturated carbocycles. The van der Waals surface area contributed by atoms with E-state index in [9.17, 15) is 12.6 Å². The fourth-order valence-electron chi connectivity index (χ4n) is 3.70. The number of anilines is 1. The molecule has 1 N–H and O–H groups in total. The van der Waals surface area contributed by atoms with Crippen molar-refractivity contribution in [3.05, 3.63) is 52.5 Å². The van der Waals surface area contributed by atoms with Gasteiger partial charge in [0.05, 0.1) is 21.4 Å². The van der Waals surface area contributed by atoms with Gasteiger partial charge < -0.3 is 10.1 Å². The zero-order chi connectivity index (χ0) is 20.5. The predicted molar refractivity (Wildman–Crippen MR) is 114 cm³/mol. The summed E-state index contributed by atoms with van der Waals surface area (Å²) >= 11 is 0. The van der Waals surface area contributed by atoms with Crippen LogP contribution in [-0.2, 0) is 25.6 Å². The molecule has 3 rings (SSSR count). The van der Waals surface area contributed by atoms with Gasteiger partial charge in [-0.25, -0.2) is 8.42 Å². The average molecular weight is 425 g/mol. The van der Waals surface area contributed by atoms with Crippen LogP contribution in [0.3, 0.4) is 0 Å². The van der Waals surface area contributed by atoms with Gasteiger partial charge in [-0.1, -0.05) is 30.4 Å². The van der Waals surface area contributed by atoms with E-state index in [1.165, 1.54) is 4.31 Å². The first-order valence-electron chi connectivity index (χ1n) is 9.28. The Morgan fingerprint density at radius 2 is 2.07 bits per heavy atom. The second-order valence-corrected chi connectivity index (χ2v) is 11.3. The molecule has 0 fully saturated rings. The number of sulfonamides is 1. The number of rotatable bonds is 6. The van der Waals surface area contributed by atoms with Gasteiger partial charge in [-0.2, -0.15) is 0 Å². The van der Waals surface area contributed by atoms with Gasteiger partial charge in [-0.15, -0.1) is 0 Å². The number of allylic oxidation sites excluding steroid dienone is 1.